The fourth-order valence-electron chi connectivity index (χ4n) is 5.05. The van der Waals surface area contributed by atoms with E-state index in [-0.39, 0.29) is 42.5 Å². The molecule has 7 heteroatoms. The molecule has 0 bridgehead atoms. The Morgan fingerprint density at radius 3 is 2.30 bits per heavy atom. The van der Waals surface area contributed by atoms with Crippen molar-refractivity contribution in [2.24, 2.45) is 10.8 Å². The Morgan fingerprint density at radius 1 is 1.02 bits per heavy atom. The van der Waals surface area contributed by atoms with Crippen LogP contribution in [0.2, 0.25) is 0 Å². The smallest absolute Gasteiger partial charge is 0.194 e. The van der Waals surface area contributed by atoms with Crippen LogP contribution < -0.4 is 0 Å². The third-order valence-corrected chi connectivity index (χ3v) is 10.2. The van der Waals surface area contributed by atoms with Crippen molar-refractivity contribution in [2.45, 2.75) is 87.0 Å². The predicted octanol–water partition coefficient (Wildman–Crippen LogP) is 10.3. The number of nitrogens with zero attached hydrogens (tertiary/aromatic N) is 3. The number of rotatable bonds is 9. The van der Waals surface area contributed by atoms with Crippen molar-refractivity contribution < 1.29 is 30.0 Å². The third kappa shape index (κ3) is 7.11. The molecule has 43 heavy (non-hydrogen) atoms. The van der Waals surface area contributed by atoms with Gasteiger partial charge in [0, 0.05) is 61.3 Å². The summed E-state index contributed by atoms with van der Waals surface area (Å²) < 4.78 is 3.27. The van der Waals surface area contributed by atoms with Crippen LogP contribution in [0.25, 0.3) is 37.2 Å². The zero-order valence-corrected chi connectivity index (χ0v) is 29.8. The molecule has 0 atom stereocenters. The van der Waals surface area contributed by atoms with Gasteiger partial charge in [-0.3, -0.25) is 14.2 Å². The Labute approximate surface area is 273 Å². The zero-order chi connectivity index (χ0) is 30.7. The second-order valence-electron chi connectivity index (χ2n) is 12.0. The monoisotopic (exact) mass is 775 g/mol. The predicted molar refractivity (Wildman–Crippen MR) is 177 cm³/mol. The molecule has 5 nitrogen and oxygen atoms in total. The van der Waals surface area contributed by atoms with Gasteiger partial charge in [0.15, 0.2) is 10.7 Å². The van der Waals surface area contributed by atoms with E-state index in [4.69, 9.17) is 4.98 Å². The van der Waals surface area contributed by atoms with Crippen LogP contribution in [-0.2, 0) is 24.9 Å². The number of thiazole rings is 1. The molecule has 3 aromatic heterocycles. The molecular weight excluding hydrogens is 731 g/mol. The molecule has 0 aliphatic rings. The fraction of sp³-hybridized carbons (Fsp3) is 0.417. The van der Waals surface area contributed by atoms with Gasteiger partial charge >= 0.3 is 0 Å². The van der Waals surface area contributed by atoms with Crippen molar-refractivity contribution in [1.82, 2.24) is 14.4 Å². The van der Waals surface area contributed by atoms with Gasteiger partial charge in [0.2, 0.25) is 0 Å². The van der Waals surface area contributed by atoms with Crippen LogP contribution in [0.5, 0.6) is 0 Å². The van der Waals surface area contributed by atoms with E-state index < -0.39 is 0 Å². The topological polar surface area (TPSA) is 67.5 Å². The van der Waals surface area contributed by atoms with Gasteiger partial charge < -0.3 is 5.11 Å². The van der Waals surface area contributed by atoms with Crippen molar-refractivity contribution in [1.29, 1.82) is 0 Å². The Kier molecular flexibility index (Phi) is 11.5. The van der Waals surface area contributed by atoms with Crippen LogP contribution in [-0.4, -0.2) is 25.3 Å². The van der Waals surface area contributed by atoms with E-state index in [2.05, 4.69) is 65.7 Å². The maximum Gasteiger partial charge on any atom is 0.194 e. The van der Waals surface area contributed by atoms with Gasteiger partial charge in [0.1, 0.15) is 5.76 Å². The molecule has 231 valence electrons. The van der Waals surface area contributed by atoms with E-state index in [1.165, 1.54) is 17.0 Å². The van der Waals surface area contributed by atoms with Crippen molar-refractivity contribution >= 4 is 43.1 Å². The quantitative estimate of drug-likeness (QED) is 0.0920. The van der Waals surface area contributed by atoms with E-state index in [0.717, 1.165) is 57.5 Å². The number of aliphatic hydroxyl groups is 1. The molecule has 0 fully saturated rings. The maximum absolute atomic E-state index is 12.2. The van der Waals surface area contributed by atoms with Crippen molar-refractivity contribution in [2.75, 3.05) is 0 Å². The molecule has 5 rings (SSSR count). The maximum atomic E-state index is 12.2. The number of fused-ring (bicyclic) bond motifs is 4. The summed E-state index contributed by atoms with van der Waals surface area (Å²) in [7, 11) is 0. The number of allylic oxidation sites excluding steroid dienone is 2. The first kappa shape index (κ1) is 34.6. The van der Waals surface area contributed by atoms with Crippen LogP contribution in [0.4, 0.5) is 0 Å². The largest absolute Gasteiger partial charge is 0.512 e. The average molecular weight is 775 g/mol. The van der Waals surface area contributed by atoms with Crippen LogP contribution in [0.3, 0.4) is 0 Å². The first-order valence-electron chi connectivity index (χ1n) is 15.1. The number of ketones is 1. The minimum absolute atomic E-state index is 0. The summed E-state index contributed by atoms with van der Waals surface area (Å²) in [5.41, 5.74) is 3.88. The van der Waals surface area contributed by atoms with Crippen LogP contribution >= 0.6 is 11.3 Å². The molecule has 1 N–H and O–H groups in total. The summed E-state index contributed by atoms with van der Waals surface area (Å²) in [4.78, 5) is 22.3. The molecule has 0 spiro atoms. The number of aromatic nitrogens is 3. The zero-order valence-electron chi connectivity index (χ0n) is 26.6. The standard InChI is InChI=1S/C21H16N3S.C15H28O2.Ir/c1-13(2)17-10-15(9-14-5-3-4-6-16(14)17)18-11-19-20(12-23-18)25-21-22-7-8-24(19)21;1-7-14(5,8-2)12(16)11-13(17)15(6,9-3)10-4;/h3-8,10-13H,1-2H3;11,16H,7-10H2,1-6H3;/q-1;;/b;12-11-;. The number of pyridine rings is 1. The van der Waals surface area contributed by atoms with Crippen LogP contribution in [0, 0.1) is 16.9 Å². The second-order valence-corrected chi connectivity index (χ2v) is 13.0. The molecule has 0 saturated carbocycles. The average Bonchev–Trinajstić information content (AvgIpc) is 3.61. The molecule has 3 heterocycles. The van der Waals surface area contributed by atoms with E-state index in [0.29, 0.717) is 5.92 Å². The molecule has 2 aromatic carbocycles. The Bertz CT molecular complexity index is 1720. The summed E-state index contributed by atoms with van der Waals surface area (Å²) >= 11 is 1.66. The van der Waals surface area contributed by atoms with Crippen molar-refractivity contribution in [3.63, 3.8) is 0 Å². The molecule has 0 amide bonds. The van der Waals surface area contributed by atoms with E-state index in [1.54, 1.807) is 11.3 Å². The molecule has 0 saturated heterocycles. The van der Waals surface area contributed by atoms with Gasteiger partial charge in [0.25, 0.3) is 0 Å². The molecular formula is C36H44IrN3O2S-. The molecule has 1 radical (unpaired) electrons. The molecule has 0 unspecified atom stereocenters. The Hall–Kier alpha value is -2.86. The summed E-state index contributed by atoms with van der Waals surface area (Å²) in [6.45, 7) is 16.5. The number of hydrogen-bond donors (Lipinski definition) is 1. The van der Waals surface area contributed by atoms with Gasteiger partial charge in [0.05, 0.1) is 10.2 Å². The summed E-state index contributed by atoms with van der Waals surface area (Å²) in [6.07, 6.45) is 10.5. The molecule has 0 aliphatic carbocycles. The van der Waals surface area contributed by atoms with Gasteiger partial charge in [-0.1, -0.05) is 95.9 Å². The first-order chi connectivity index (χ1) is 20.0. The number of aliphatic hydroxyl groups excluding tert-OH is 1. The Morgan fingerprint density at radius 2 is 1.67 bits per heavy atom. The number of carbonyl (C=O) groups excluding carboxylic acids is 1. The van der Waals surface area contributed by atoms with E-state index in [9.17, 15) is 9.90 Å². The van der Waals surface area contributed by atoms with Crippen molar-refractivity contribution in [3.8, 4) is 11.3 Å². The summed E-state index contributed by atoms with van der Waals surface area (Å²) in [6, 6.07) is 16.4. The van der Waals surface area contributed by atoms with Crippen LogP contribution in [0.15, 0.2) is 66.8 Å². The number of carbonyl (C=O) groups is 1. The number of hydrogen-bond acceptors (Lipinski definition) is 5. The Balaban J connectivity index is 0.000000250. The third-order valence-electron chi connectivity index (χ3n) is 9.22. The van der Waals surface area contributed by atoms with E-state index >= 15 is 0 Å². The summed E-state index contributed by atoms with van der Waals surface area (Å²) in [5.74, 6) is 0.734. The van der Waals surface area contributed by atoms with Gasteiger partial charge in [-0.25, -0.2) is 4.98 Å². The fourth-order valence-corrected chi connectivity index (χ4v) is 5.99. The molecule has 0 aliphatic heterocycles. The van der Waals surface area contributed by atoms with Gasteiger partial charge in [-0.05, 0) is 37.7 Å². The van der Waals surface area contributed by atoms with Crippen LogP contribution in [0.1, 0.15) is 92.6 Å². The minimum Gasteiger partial charge on any atom is -0.512 e. The molecule has 5 aromatic rings. The first-order valence-corrected chi connectivity index (χ1v) is 15.9. The number of imidazole rings is 1. The second kappa shape index (κ2) is 14.3. The van der Waals surface area contributed by atoms with Crippen molar-refractivity contribution in [3.05, 3.63) is 78.5 Å². The summed E-state index contributed by atoms with van der Waals surface area (Å²) in [5, 5.41) is 12.5. The van der Waals surface area contributed by atoms with E-state index in [1.807, 2.05) is 60.1 Å². The van der Waals surface area contributed by atoms with Gasteiger partial charge in [-0.15, -0.1) is 29.1 Å². The SMILES string of the molecule is CC(C)c1cc(-c2cc3c(cn2)sc2nccn23)[c-]c2ccccc12.CCC(C)(CC)C(=O)/C=C(\O)C(C)(CC)CC.[Ir]. The number of benzene rings is 2. The van der Waals surface area contributed by atoms with Gasteiger partial charge in [-0.2, -0.15) is 0 Å². The normalized spacial score (nSPS) is 12.4. The minimum atomic E-state index is -0.337.